The van der Waals surface area contributed by atoms with Crippen molar-refractivity contribution in [3.05, 3.63) is 111 Å². The number of hydrogen-bond donors (Lipinski definition) is 4. The van der Waals surface area contributed by atoms with E-state index in [-0.39, 0.29) is 24.4 Å². The molecule has 3 aliphatic heterocycles. The quantitative estimate of drug-likeness (QED) is 0.110. The summed E-state index contributed by atoms with van der Waals surface area (Å²) in [5.74, 6) is -0.530. The van der Waals surface area contributed by atoms with E-state index in [4.69, 9.17) is 21.3 Å². The number of benzene rings is 3. The molecule has 12 heteroatoms. The number of pyridine rings is 1. The Hall–Kier alpha value is -4.81. The zero-order chi connectivity index (χ0) is 37.9. The van der Waals surface area contributed by atoms with Gasteiger partial charge in [-0.1, -0.05) is 48.9 Å². The lowest BCUT2D eigenvalue weighted by atomic mass is 10.0. The van der Waals surface area contributed by atoms with Gasteiger partial charge in [0.25, 0.3) is 11.8 Å². The van der Waals surface area contributed by atoms with Gasteiger partial charge in [-0.15, -0.1) is 0 Å². The van der Waals surface area contributed by atoms with E-state index in [1.165, 1.54) is 12.0 Å². The second-order valence-electron chi connectivity index (χ2n) is 14.9. The molecule has 286 valence electrons. The summed E-state index contributed by atoms with van der Waals surface area (Å²) in [6.07, 6.45) is 5.60. The van der Waals surface area contributed by atoms with Crippen molar-refractivity contribution < 1.29 is 14.3 Å². The first-order chi connectivity index (χ1) is 26.9. The van der Waals surface area contributed by atoms with Crippen LogP contribution in [0.25, 0.3) is 22.2 Å². The first kappa shape index (κ1) is 37.1. The lowest BCUT2D eigenvalue weighted by Crippen LogP contribution is -2.42. The summed E-state index contributed by atoms with van der Waals surface area (Å²) in [5, 5.41) is 19.7. The highest BCUT2D eigenvalue weighted by Gasteiger charge is 2.37. The van der Waals surface area contributed by atoms with Crippen LogP contribution in [0.15, 0.2) is 72.9 Å². The van der Waals surface area contributed by atoms with Gasteiger partial charge in [-0.25, -0.2) is 9.67 Å². The lowest BCUT2D eigenvalue weighted by Gasteiger charge is -2.27. The first-order valence-electron chi connectivity index (χ1n) is 19.6. The molecule has 3 fully saturated rings. The zero-order valence-electron chi connectivity index (χ0n) is 31.5. The van der Waals surface area contributed by atoms with Crippen LogP contribution in [0.4, 0.5) is 5.69 Å². The molecule has 5 heterocycles. The molecular formula is C43H49ClN8O3. The van der Waals surface area contributed by atoms with Crippen LogP contribution in [0.2, 0.25) is 5.02 Å². The van der Waals surface area contributed by atoms with Gasteiger partial charge in [0.05, 0.1) is 17.3 Å². The molecule has 2 amide bonds. The molecular weight excluding hydrogens is 712 g/mol. The molecule has 5 aromatic rings. The number of rotatable bonds is 13. The molecule has 0 aliphatic carbocycles. The maximum Gasteiger partial charge on any atom is 0.251 e. The Morgan fingerprint density at radius 1 is 0.945 bits per heavy atom. The minimum absolute atomic E-state index is 0.252. The van der Waals surface area contributed by atoms with E-state index in [9.17, 15) is 9.59 Å². The number of aryl methyl sites for hydroxylation is 2. The first-order valence-corrected chi connectivity index (χ1v) is 20.0. The molecule has 2 atom stereocenters. The van der Waals surface area contributed by atoms with E-state index in [1.54, 1.807) is 24.3 Å². The van der Waals surface area contributed by atoms with Gasteiger partial charge in [0, 0.05) is 104 Å². The SMILES string of the molecule is CCc1nc2c(cnn2CC)c(NC2CCOCC2)c1CNC(=O)c1cccc(C(=O)NCc2ccc(Cl)c(-c3cccc(CN4C[C@@H]5C[C@H]4CN5)c3)c2)c1. The van der Waals surface area contributed by atoms with Crippen LogP contribution in [0.5, 0.6) is 0 Å². The molecule has 2 bridgehead atoms. The summed E-state index contributed by atoms with van der Waals surface area (Å²) in [5.41, 5.74) is 8.67. The maximum absolute atomic E-state index is 13.6. The van der Waals surface area contributed by atoms with Crippen molar-refractivity contribution in [2.75, 3.05) is 31.6 Å². The molecule has 3 aliphatic rings. The Kier molecular flexibility index (Phi) is 11.1. The average molecular weight is 761 g/mol. The van der Waals surface area contributed by atoms with E-state index >= 15 is 0 Å². The smallest absolute Gasteiger partial charge is 0.251 e. The number of anilines is 1. The predicted molar refractivity (Wildman–Crippen MR) is 216 cm³/mol. The van der Waals surface area contributed by atoms with Gasteiger partial charge in [0.2, 0.25) is 0 Å². The summed E-state index contributed by atoms with van der Waals surface area (Å²) in [7, 11) is 0. The number of nitrogens with one attached hydrogen (secondary N) is 4. The van der Waals surface area contributed by atoms with Crippen LogP contribution >= 0.6 is 11.6 Å². The highest BCUT2D eigenvalue weighted by atomic mass is 35.5. The van der Waals surface area contributed by atoms with Crippen LogP contribution in [-0.2, 0) is 37.3 Å². The van der Waals surface area contributed by atoms with E-state index in [2.05, 4.69) is 69.4 Å². The Bertz CT molecular complexity index is 2200. The monoisotopic (exact) mass is 760 g/mol. The van der Waals surface area contributed by atoms with Crippen LogP contribution in [0.3, 0.4) is 0 Å². The highest BCUT2D eigenvalue weighted by molar-refractivity contribution is 6.33. The number of amides is 2. The third-order valence-corrected chi connectivity index (χ3v) is 11.6. The number of fused-ring (bicyclic) bond motifs is 3. The van der Waals surface area contributed by atoms with Gasteiger partial charge in [-0.2, -0.15) is 5.10 Å². The molecule has 0 radical (unpaired) electrons. The van der Waals surface area contributed by atoms with Crippen molar-refractivity contribution in [3.63, 3.8) is 0 Å². The van der Waals surface area contributed by atoms with Gasteiger partial charge in [-0.05, 0) is 85.7 Å². The Morgan fingerprint density at radius 3 is 2.45 bits per heavy atom. The van der Waals surface area contributed by atoms with Crippen molar-refractivity contribution in [3.8, 4) is 11.1 Å². The van der Waals surface area contributed by atoms with Crippen molar-refractivity contribution in [2.45, 2.75) is 83.8 Å². The Morgan fingerprint density at radius 2 is 1.73 bits per heavy atom. The molecule has 3 saturated heterocycles. The van der Waals surface area contributed by atoms with Gasteiger partial charge in [0.1, 0.15) is 0 Å². The molecule has 0 spiro atoms. The van der Waals surface area contributed by atoms with Crippen molar-refractivity contribution in [1.82, 2.24) is 35.6 Å². The number of aromatic nitrogens is 3. The summed E-state index contributed by atoms with van der Waals surface area (Å²) < 4.78 is 7.51. The third kappa shape index (κ3) is 8.11. The number of carbonyl (C=O) groups is 2. The molecule has 3 aromatic carbocycles. The number of hydrogen-bond acceptors (Lipinski definition) is 8. The fourth-order valence-corrected chi connectivity index (χ4v) is 8.50. The summed E-state index contributed by atoms with van der Waals surface area (Å²) in [6, 6.07) is 22.8. The molecule has 0 unspecified atom stereocenters. The maximum atomic E-state index is 13.6. The standard InChI is InChI=1S/C43H49ClN8O3/c1-3-39-36(40(49-32-13-15-55-16-14-32)37-24-48-52(4-2)41(37)50-39)23-47-43(54)31-10-6-9-30(19-31)42(53)46-21-27-11-12-38(44)35(18-27)29-8-5-7-28(17-29)25-51-26-33-20-34(51)22-45-33/h5-12,17-19,24,32-34,45H,3-4,13-16,20-23,25-26H2,1-2H3,(H,46,53)(H,47,54)(H,49,50)/t33-,34-/m0/s1. The van der Waals surface area contributed by atoms with Crippen molar-refractivity contribution in [1.29, 1.82) is 0 Å². The normalized spacial score (nSPS) is 18.5. The predicted octanol–water partition coefficient (Wildman–Crippen LogP) is 6.33. The van der Waals surface area contributed by atoms with Crippen LogP contribution in [0, 0.1) is 0 Å². The summed E-state index contributed by atoms with van der Waals surface area (Å²) in [4.78, 5) is 34.6. The van der Waals surface area contributed by atoms with Gasteiger partial charge in [-0.3, -0.25) is 14.5 Å². The van der Waals surface area contributed by atoms with E-state index < -0.39 is 0 Å². The molecule has 55 heavy (non-hydrogen) atoms. The number of nitrogens with zero attached hydrogens (tertiary/aromatic N) is 4. The third-order valence-electron chi connectivity index (χ3n) is 11.3. The minimum atomic E-state index is -0.267. The minimum Gasteiger partial charge on any atom is -0.381 e. The summed E-state index contributed by atoms with van der Waals surface area (Å²) >= 11 is 6.72. The average Bonchev–Trinajstić information content (AvgIpc) is 3.97. The van der Waals surface area contributed by atoms with E-state index in [0.29, 0.717) is 61.0 Å². The van der Waals surface area contributed by atoms with E-state index in [1.807, 2.05) is 29.1 Å². The largest absolute Gasteiger partial charge is 0.381 e. The number of piperazine rings is 1. The topological polar surface area (TPSA) is 125 Å². The van der Waals surface area contributed by atoms with E-state index in [0.717, 1.165) is 77.1 Å². The molecule has 2 aromatic heterocycles. The second-order valence-corrected chi connectivity index (χ2v) is 15.3. The fourth-order valence-electron chi connectivity index (χ4n) is 8.27. The second kappa shape index (κ2) is 16.5. The van der Waals surface area contributed by atoms with Crippen LogP contribution in [0.1, 0.15) is 76.2 Å². The lowest BCUT2D eigenvalue weighted by molar-refractivity contribution is 0.0904. The van der Waals surface area contributed by atoms with Crippen molar-refractivity contribution >= 4 is 40.1 Å². The molecule has 0 saturated carbocycles. The van der Waals surface area contributed by atoms with Gasteiger partial charge < -0.3 is 26.0 Å². The number of halogens is 1. The molecule has 8 rings (SSSR count). The Balaban J connectivity index is 0.932. The number of ether oxygens (including phenoxy) is 1. The van der Waals surface area contributed by atoms with Gasteiger partial charge in [0.15, 0.2) is 5.65 Å². The number of likely N-dealkylation sites (tertiary alicyclic amines) is 1. The van der Waals surface area contributed by atoms with Crippen molar-refractivity contribution in [2.24, 2.45) is 0 Å². The summed E-state index contributed by atoms with van der Waals surface area (Å²) in [6.45, 7) is 9.95. The fraction of sp³-hybridized carbons (Fsp3) is 0.395. The van der Waals surface area contributed by atoms with Crippen LogP contribution in [-0.4, -0.2) is 75.9 Å². The molecule has 4 N–H and O–H groups in total. The Labute approximate surface area is 327 Å². The number of carbonyl (C=O) groups excluding carboxylic acids is 2. The van der Waals surface area contributed by atoms with Crippen LogP contribution < -0.4 is 21.3 Å². The highest BCUT2D eigenvalue weighted by Crippen LogP contribution is 2.33. The van der Waals surface area contributed by atoms with Gasteiger partial charge >= 0.3 is 0 Å². The zero-order valence-corrected chi connectivity index (χ0v) is 32.3. The molecule has 11 nitrogen and oxygen atoms in total.